The lowest BCUT2D eigenvalue weighted by Crippen LogP contribution is -2.48. The fourth-order valence-corrected chi connectivity index (χ4v) is 2.65. The molecule has 1 saturated heterocycles. The van der Waals surface area contributed by atoms with Crippen molar-refractivity contribution in [2.24, 2.45) is 0 Å². The molecule has 0 saturated carbocycles. The van der Waals surface area contributed by atoms with Crippen molar-refractivity contribution < 1.29 is 19.1 Å². The molecule has 21 heavy (non-hydrogen) atoms. The van der Waals surface area contributed by atoms with Crippen LogP contribution in [0, 0.1) is 0 Å². The number of hydrogen-bond donors (Lipinski definition) is 1. The normalized spacial score (nSPS) is 18.2. The van der Waals surface area contributed by atoms with Crippen LogP contribution in [0.15, 0.2) is 18.2 Å². The van der Waals surface area contributed by atoms with Gasteiger partial charge in [-0.1, -0.05) is 6.07 Å². The molecule has 0 bridgehead atoms. The standard InChI is InChI=1S/C15H20N2O4/c1-20-12-8-5-6-10(16)13(12)14(18)17-9-4-3-7-11(17)15(19)21-2/h5-6,8,11H,3-4,7,9,16H2,1-2H3. The van der Waals surface area contributed by atoms with Gasteiger partial charge in [0.25, 0.3) is 5.91 Å². The van der Waals surface area contributed by atoms with Gasteiger partial charge in [-0.2, -0.15) is 0 Å². The molecule has 0 aliphatic carbocycles. The molecular weight excluding hydrogens is 272 g/mol. The Morgan fingerprint density at radius 3 is 2.71 bits per heavy atom. The maximum atomic E-state index is 12.8. The molecule has 1 atom stereocenters. The van der Waals surface area contributed by atoms with Crippen LogP contribution in [0.25, 0.3) is 0 Å². The van der Waals surface area contributed by atoms with Gasteiger partial charge in [0, 0.05) is 12.2 Å². The molecule has 1 fully saturated rings. The lowest BCUT2D eigenvalue weighted by molar-refractivity contribution is -0.147. The van der Waals surface area contributed by atoms with Gasteiger partial charge in [0.05, 0.1) is 14.2 Å². The number of likely N-dealkylation sites (tertiary alicyclic amines) is 1. The van der Waals surface area contributed by atoms with Gasteiger partial charge in [0.2, 0.25) is 0 Å². The number of hydrogen-bond acceptors (Lipinski definition) is 5. The van der Waals surface area contributed by atoms with Crippen LogP contribution in [0.5, 0.6) is 5.75 Å². The minimum Gasteiger partial charge on any atom is -0.496 e. The quantitative estimate of drug-likeness (QED) is 0.673. The van der Waals surface area contributed by atoms with Crippen molar-refractivity contribution in [3.8, 4) is 5.75 Å². The number of carbonyl (C=O) groups excluding carboxylic acids is 2. The van der Waals surface area contributed by atoms with Crippen LogP contribution in [0.1, 0.15) is 29.6 Å². The van der Waals surface area contributed by atoms with Crippen molar-refractivity contribution in [2.75, 3.05) is 26.5 Å². The average molecular weight is 292 g/mol. The highest BCUT2D eigenvalue weighted by molar-refractivity contribution is 6.03. The number of amides is 1. The van der Waals surface area contributed by atoms with Gasteiger partial charge in [0.1, 0.15) is 17.4 Å². The zero-order chi connectivity index (χ0) is 15.4. The Bertz CT molecular complexity index is 544. The molecule has 1 heterocycles. The van der Waals surface area contributed by atoms with Crippen LogP contribution >= 0.6 is 0 Å². The predicted octanol–water partition coefficient (Wildman–Crippen LogP) is 1.45. The molecule has 2 rings (SSSR count). The molecule has 1 aliphatic heterocycles. The fourth-order valence-electron chi connectivity index (χ4n) is 2.65. The van der Waals surface area contributed by atoms with Gasteiger partial charge in [-0.05, 0) is 31.4 Å². The first-order valence-electron chi connectivity index (χ1n) is 6.91. The Balaban J connectivity index is 2.35. The molecule has 6 nitrogen and oxygen atoms in total. The number of nitrogen functional groups attached to an aromatic ring is 1. The highest BCUT2D eigenvalue weighted by Gasteiger charge is 2.35. The fraction of sp³-hybridized carbons (Fsp3) is 0.467. The Hall–Kier alpha value is -2.24. The summed E-state index contributed by atoms with van der Waals surface area (Å²) < 4.78 is 10.0. The van der Waals surface area contributed by atoms with E-state index in [-0.39, 0.29) is 5.91 Å². The van der Waals surface area contributed by atoms with E-state index in [0.29, 0.717) is 30.0 Å². The van der Waals surface area contributed by atoms with Gasteiger partial charge in [0.15, 0.2) is 0 Å². The molecular formula is C15H20N2O4. The zero-order valence-electron chi connectivity index (χ0n) is 12.3. The highest BCUT2D eigenvalue weighted by atomic mass is 16.5. The van der Waals surface area contributed by atoms with E-state index in [2.05, 4.69) is 0 Å². The van der Waals surface area contributed by atoms with Crippen molar-refractivity contribution >= 4 is 17.6 Å². The molecule has 1 amide bonds. The Labute approximate surface area is 123 Å². The van der Waals surface area contributed by atoms with Crippen LogP contribution in [-0.2, 0) is 9.53 Å². The molecule has 6 heteroatoms. The first kappa shape index (κ1) is 15.2. The molecule has 0 spiro atoms. The molecule has 0 radical (unpaired) electrons. The summed E-state index contributed by atoms with van der Waals surface area (Å²) in [5.74, 6) is -0.272. The number of piperidine rings is 1. The molecule has 1 aromatic carbocycles. The number of benzene rings is 1. The van der Waals surface area contributed by atoms with Crippen molar-refractivity contribution in [3.63, 3.8) is 0 Å². The second kappa shape index (κ2) is 6.47. The van der Waals surface area contributed by atoms with E-state index in [4.69, 9.17) is 15.2 Å². The summed E-state index contributed by atoms with van der Waals surface area (Å²) in [5.41, 5.74) is 6.56. The molecule has 2 N–H and O–H groups in total. The third-order valence-corrected chi connectivity index (χ3v) is 3.73. The number of carbonyl (C=O) groups is 2. The summed E-state index contributed by atoms with van der Waals surface area (Å²) >= 11 is 0. The predicted molar refractivity (Wildman–Crippen MR) is 78.1 cm³/mol. The number of rotatable bonds is 3. The van der Waals surface area contributed by atoms with Crippen molar-refractivity contribution in [2.45, 2.75) is 25.3 Å². The molecule has 114 valence electrons. The molecule has 1 unspecified atom stereocenters. The van der Waals surface area contributed by atoms with Crippen LogP contribution in [0.2, 0.25) is 0 Å². The molecule has 1 aromatic rings. The van der Waals surface area contributed by atoms with Crippen LogP contribution in [0.3, 0.4) is 0 Å². The number of nitrogens with two attached hydrogens (primary N) is 1. The summed E-state index contributed by atoms with van der Waals surface area (Å²) in [4.78, 5) is 26.2. The van der Waals surface area contributed by atoms with E-state index >= 15 is 0 Å². The minimum absolute atomic E-state index is 0.292. The first-order valence-corrected chi connectivity index (χ1v) is 6.91. The first-order chi connectivity index (χ1) is 10.1. The Kier molecular flexibility index (Phi) is 4.67. The van der Waals surface area contributed by atoms with E-state index < -0.39 is 12.0 Å². The molecule has 0 aromatic heterocycles. The SMILES string of the molecule is COC(=O)C1CCCCN1C(=O)c1c(N)cccc1OC. The van der Waals surface area contributed by atoms with Gasteiger partial charge in [-0.15, -0.1) is 0 Å². The molecule has 1 aliphatic rings. The third-order valence-electron chi connectivity index (χ3n) is 3.73. The van der Waals surface area contributed by atoms with Gasteiger partial charge in [-0.3, -0.25) is 4.79 Å². The van der Waals surface area contributed by atoms with Gasteiger partial charge >= 0.3 is 5.97 Å². The van der Waals surface area contributed by atoms with E-state index in [9.17, 15) is 9.59 Å². The lowest BCUT2D eigenvalue weighted by atomic mass is 10.00. The topological polar surface area (TPSA) is 81.9 Å². The Morgan fingerprint density at radius 1 is 1.29 bits per heavy atom. The van der Waals surface area contributed by atoms with Gasteiger partial charge in [-0.25, -0.2) is 4.79 Å². The van der Waals surface area contributed by atoms with E-state index in [1.807, 2.05) is 0 Å². The van der Waals surface area contributed by atoms with Crippen molar-refractivity contribution in [1.29, 1.82) is 0 Å². The largest absolute Gasteiger partial charge is 0.496 e. The number of anilines is 1. The lowest BCUT2D eigenvalue weighted by Gasteiger charge is -2.34. The smallest absolute Gasteiger partial charge is 0.328 e. The summed E-state index contributed by atoms with van der Waals surface area (Å²) in [6.07, 6.45) is 2.35. The zero-order valence-corrected chi connectivity index (χ0v) is 12.3. The van der Waals surface area contributed by atoms with Crippen LogP contribution in [0.4, 0.5) is 5.69 Å². The van der Waals surface area contributed by atoms with Crippen LogP contribution in [-0.4, -0.2) is 43.6 Å². The maximum absolute atomic E-state index is 12.8. The summed E-state index contributed by atoms with van der Waals surface area (Å²) in [5, 5.41) is 0. The van der Waals surface area contributed by atoms with E-state index in [1.165, 1.54) is 19.1 Å². The number of methoxy groups -OCH3 is 2. The van der Waals surface area contributed by atoms with E-state index in [1.54, 1.807) is 18.2 Å². The Morgan fingerprint density at radius 2 is 2.05 bits per heavy atom. The van der Waals surface area contributed by atoms with Crippen molar-refractivity contribution in [3.05, 3.63) is 23.8 Å². The van der Waals surface area contributed by atoms with Crippen molar-refractivity contribution in [1.82, 2.24) is 4.90 Å². The van der Waals surface area contributed by atoms with Gasteiger partial charge < -0.3 is 20.1 Å². The number of nitrogens with zero attached hydrogens (tertiary/aromatic N) is 1. The second-order valence-electron chi connectivity index (χ2n) is 4.96. The summed E-state index contributed by atoms with van der Waals surface area (Å²) in [6.45, 7) is 0.510. The second-order valence-corrected chi connectivity index (χ2v) is 4.96. The summed E-state index contributed by atoms with van der Waals surface area (Å²) in [7, 11) is 2.82. The monoisotopic (exact) mass is 292 g/mol. The average Bonchev–Trinajstić information content (AvgIpc) is 2.53. The number of ether oxygens (including phenoxy) is 2. The van der Waals surface area contributed by atoms with E-state index in [0.717, 1.165) is 12.8 Å². The maximum Gasteiger partial charge on any atom is 0.328 e. The third kappa shape index (κ3) is 2.94. The minimum atomic E-state index is -0.555. The number of esters is 1. The highest BCUT2D eigenvalue weighted by Crippen LogP contribution is 2.29. The van der Waals surface area contributed by atoms with Crippen LogP contribution < -0.4 is 10.5 Å². The summed E-state index contributed by atoms with van der Waals surface area (Å²) in [6, 6.07) is 4.49.